The molecule has 0 radical (unpaired) electrons. The van der Waals surface area contributed by atoms with Crippen molar-refractivity contribution in [1.82, 2.24) is 4.98 Å². The quantitative estimate of drug-likeness (QED) is 0.634. The summed E-state index contributed by atoms with van der Waals surface area (Å²) in [5, 5.41) is 10.3. The first-order valence-electron chi connectivity index (χ1n) is 10.6. The first kappa shape index (κ1) is 19.4. The molecule has 2 heterocycles. The fourth-order valence-corrected chi connectivity index (χ4v) is 4.86. The number of nitrogens with zero attached hydrogens (tertiary/aromatic N) is 2. The monoisotopic (exact) mass is 414 g/mol. The number of aromatic carboxylic acids is 1. The maximum atomic E-state index is 12.8. The molecule has 6 nitrogen and oxygen atoms in total. The van der Waals surface area contributed by atoms with E-state index < -0.39 is 5.97 Å². The molecule has 0 spiro atoms. The number of rotatable bonds is 3. The van der Waals surface area contributed by atoms with Crippen LogP contribution in [-0.4, -0.2) is 27.9 Å². The molecule has 1 saturated carbocycles. The minimum absolute atomic E-state index is 0.102. The van der Waals surface area contributed by atoms with Crippen LogP contribution in [0.1, 0.15) is 41.6 Å². The highest BCUT2D eigenvalue weighted by Crippen LogP contribution is 2.40. The van der Waals surface area contributed by atoms with Crippen molar-refractivity contribution in [1.29, 1.82) is 0 Å². The number of benzene rings is 2. The SMILES string of the molecule is Cc1ccc2nc(-c3ccc(N4C(=O)[C@H]5CCCC[C@H]5C4=O)cc3)cc(C(=O)O)c2c1. The predicted molar refractivity (Wildman–Crippen MR) is 117 cm³/mol. The topological polar surface area (TPSA) is 87.6 Å². The number of pyridine rings is 1. The molecule has 1 aliphatic carbocycles. The van der Waals surface area contributed by atoms with Crippen LogP contribution >= 0.6 is 0 Å². The van der Waals surface area contributed by atoms with Crippen LogP contribution in [0.25, 0.3) is 22.2 Å². The van der Waals surface area contributed by atoms with Gasteiger partial charge in [0.2, 0.25) is 11.8 Å². The van der Waals surface area contributed by atoms with Gasteiger partial charge in [-0.3, -0.25) is 14.5 Å². The third-order valence-corrected chi connectivity index (χ3v) is 6.46. The van der Waals surface area contributed by atoms with Gasteiger partial charge in [-0.05, 0) is 50.1 Å². The van der Waals surface area contributed by atoms with E-state index in [2.05, 4.69) is 4.98 Å². The standard InChI is InChI=1S/C25H22N2O4/c1-14-6-11-21-19(12-14)20(25(30)31)13-22(26-21)15-7-9-16(10-8-15)27-23(28)17-4-2-3-5-18(17)24(27)29/h6-13,17-18H,2-5H2,1H3,(H,30,31)/t17-,18+. The Morgan fingerprint density at radius 2 is 1.61 bits per heavy atom. The number of hydrogen-bond acceptors (Lipinski definition) is 4. The van der Waals surface area contributed by atoms with Gasteiger partial charge in [-0.25, -0.2) is 9.78 Å². The van der Waals surface area contributed by atoms with Crippen molar-refractivity contribution in [3.8, 4) is 11.3 Å². The number of carboxylic acid groups (broad SMARTS) is 1. The van der Waals surface area contributed by atoms with Gasteiger partial charge in [0.25, 0.3) is 0 Å². The molecule has 2 fully saturated rings. The molecule has 2 atom stereocenters. The summed E-state index contributed by atoms with van der Waals surface area (Å²) in [6, 6.07) is 14.2. The number of carboxylic acids is 1. The molecule has 156 valence electrons. The van der Waals surface area contributed by atoms with Crippen LogP contribution in [-0.2, 0) is 9.59 Å². The lowest BCUT2D eigenvalue weighted by molar-refractivity contribution is -0.122. The van der Waals surface area contributed by atoms with Gasteiger partial charge in [0.15, 0.2) is 0 Å². The van der Waals surface area contributed by atoms with Gasteiger partial charge in [0, 0.05) is 10.9 Å². The van der Waals surface area contributed by atoms with Crippen molar-refractivity contribution in [3.05, 3.63) is 59.7 Å². The zero-order valence-electron chi connectivity index (χ0n) is 17.2. The number of anilines is 1. The van der Waals surface area contributed by atoms with Crippen molar-refractivity contribution in [2.24, 2.45) is 11.8 Å². The Hall–Kier alpha value is -3.54. The second-order valence-electron chi connectivity index (χ2n) is 8.44. The largest absolute Gasteiger partial charge is 0.478 e. The summed E-state index contributed by atoms with van der Waals surface area (Å²) in [5.74, 6) is -1.59. The summed E-state index contributed by atoms with van der Waals surface area (Å²) < 4.78 is 0. The molecule has 5 rings (SSSR count). The van der Waals surface area contributed by atoms with Gasteiger partial charge in [-0.15, -0.1) is 0 Å². The van der Waals surface area contributed by atoms with Crippen molar-refractivity contribution >= 4 is 34.4 Å². The normalized spacial score (nSPS) is 20.9. The number of imide groups is 1. The Kier molecular flexibility index (Phi) is 4.58. The molecule has 3 aromatic rings. The Balaban J connectivity index is 1.51. The van der Waals surface area contributed by atoms with Crippen LogP contribution in [0.2, 0.25) is 0 Å². The average Bonchev–Trinajstić information content (AvgIpc) is 3.03. The van der Waals surface area contributed by atoms with Gasteiger partial charge in [-0.2, -0.15) is 0 Å². The molecule has 1 N–H and O–H groups in total. The number of amides is 2. The van der Waals surface area contributed by atoms with Crippen LogP contribution < -0.4 is 4.90 Å². The highest BCUT2D eigenvalue weighted by Gasteiger charge is 2.48. The highest BCUT2D eigenvalue weighted by atomic mass is 16.4. The summed E-state index contributed by atoms with van der Waals surface area (Å²) in [6.45, 7) is 1.91. The van der Waals surface area contributed by atoms with Gasteiger partial charge in [0.1, 0.15) is 0 Å². The molecule has 0 unspecified atom stereocenters. The Bertz CT molecular complexity index is 1210. The third-order valence-electron chi connectivity index (χ3n) is 6.46. The van der Waals surface area contributed by atoms with E-state index in [9.17, 15) is 19.5 Å². The predicted octanol–water partition coefficient (Wildman–Crippen LogP) is 4.59. The Morgan fingerprint density at radius 3 is 2.23 bits per heavy atom. The highest BCUT2D eigenvalue weighted by molar-refractivity contribution is 6.22. The van der Waals surface area contributed by atoms with Crippen LogP contribution in [0.4, 0.5) is 5.69 Å². The number of aryl methyl sites for hydroxylation is 1. The number of aromatic nitrogens is 1. The van der Waals surface area contributed by atoms with Crippen molar-refractivity contribution in [2.45, 2.75) is 32.6 Å². The van der Waals surface area contributed by atoms with Crippen molar-refractivity contribution < 1.29 is 19.5 Å². The molecule has 2 aromatic carbocycles. The lowest BCUT2D eigenvalue weighted by Gasteiger charge is -2.19. The maximum Gasteiger partial charge on any atom is 0.336 e. The maximum absolute atomic E-state index is 12.8. The Morgan fingerprint density at radius 1 is 0.968 bits per heavy atom. The molecule has 31 heavy (non-hydrogen) atoms. The zero-order valence-corrected chi connectivity index (χ0v) is 17.2. The van der Waals surface area contributed by atoms with E-state index >= 15 is 0 Å². The smallest absolute Gasteiger partial charge is 0.336 e. The second kappa shape index (κ2) is 7.30. The average molecular weight is 414 g/mol. The summed E-state index contributed by atoms with van der Waals surface area (Å²) >= 11 is 0. The second-order valence-corrected chi connectivity index (χ2v) is 8.44. The molecule has 1 aliphatic heterocycles. The summed E-state index contributed by atoms with van der Waals surface area (Å²) in [4.78, 5) is 43.4. The number of hydrogen-bond donors (Lipinski definition) is 1. The van der Waals surface area contributed by atoms with Crippen molar-refractivity contribution in [3.63, 3.8) is 0 Å². The van der Waals surface area contributed by atoms with Gasteiger partial charge < -0.3 is 5.11 Å². The molecule has 1 aromatic heterocycles. The third kappa shape index (κ3) is 3.19. The van der Waals surface area contributed by atoms with Crippen LogP contribution in [0, 0.1) is 18.8 Å². The number of fused-ring (bicyclic) bond motifs is 2. The van der Waals surface area contributed by atoms with Gasteiger partial charge in [-0.1, -0.05) is 36.6 Å². The van der Waals surface area contributed by atoms with E-state index in [0.717, 1.165) is 36.8 Å². The van der Waals surface area contributed by atoms with E-state index in [1.165, 1.54) is 4.90 Å². The first-order valence-corrected chi connectivity index (χ1v) is 10.6. The first-order chi connectivity index (χ1) is 14.9. The minimum atomic E-state index is -1.01. The number of carbonyl (C=O) groups excluding carboxylic acids is 2. The van der Waals surface area contributed by atoms with Gasteiger partial charge >= 0.3 is 5.97 Å². The molecular weight excluding hydrogens is 392 g/mol. The van der Waals surface area contributed by atoms with E-state index in [1.54, 1.807) is 30.3 Å². The van der Waals surface area contributed by atoms with Crippen LogP contribution in [0.3, 0.4) is 0 Å². The molecular formula is C25H22N2O4. The molecule has 2 aliphatic rings. The van der Waals surface area contributed by atoms with E-state index in [4.69, 9.17) is 0 Å². The molecule has 6 heteroatoms. The van der Waals surface area contributed by atoms with E-state index in [-0.39, 0.29) is 29.2 Å². The van der Waals surface area contributed by atoms with Gasteiger partial charge in [0.05, 0.1) is 34.3 Å². The fourth-order valence-electron chi connectivity index (χ4n) is 4.86. The van der Waals surface area contributed by atoms with Crippen LogP contribution in [0.15, 0.2) is 48.5 Å². The summed E-state index contributed by atoms with van der Waals surface area (Å²) in [7, 11) is 0. The summed E-state index contributed by atoms with van der Waals surface area (Å²) in [5.41, 5.74) is 3.59. The molecule has 1 saturated heterocycles. The Labute approximate surface area is 179 Å². The number of carbonyl (C=O) groups is 3. The lowest BCUT2D eigenvalue weighted by atomic mass is 9.81. The minimum Gasteiger partial charge on any atom is -0.478 e. The molecule has 0 bridgehead atoms. The summed E-state index contributed by atoms with van der Waals surface area (Å²) in [6.07, 6.45) is 3.54. The lowest BCUT2D eigenvalue weighted by Crippen LogP contribution is -2.30. The molecule has 2 amide bonds. The van der Waals surface area contributed by atoms with Crippen LogP contribution in [0.5, 0.6) is 0 Å². The fraction of sp³-hybridized carbons (Fsp3) is 0.280. The van der Waals surface area contributed by atoms with E-state index in [0.29, 0.717) is 22.3 Å². The zero-order chi connectivity index (χ0) is 21.7. The van der Waals surface area contributed by atoms with Crippen molar-refractivity contribution in [2.75, 3.05) is 4.90 Å². The van der Waals surface area contributed by atoms with E-state index in [1.807, 2.05) is 25.1 Å².